The first-order chi connectivity index (χ1) is 10.5. The molecule has 2 rings (SSSR count). The second-order valence-corrected chi connectivity index (χ2v) is 4.69. The smallest absolute Gasteiger partial charge is 0.268 e. The molecule has 0 unspecified atom stereocenters. The third-order valence-corrected chi connectivity index (χ3v) is 3.20. The van der Waals surface area contributed by atoms with Crippen LogP contribution in [0.4, 0.5) is 11.4 Å². The number of aliphatic imine (C=N–C) groups is 1. The molecule has 0 N–H and O–H groups in total. The van der Waals surface area contributed by atoms with Crippen molar-refractivity contribution in [3.63, 3.8) is 0 Å². The predicted octanol–water partition coefficient (Wildman–Crippen LogP) is 3.69. The van der Waals surface area contributed by atoms with Crippen LogP contribution >= 0.6 is 11.6 Å². The van der Waals surface area contributed by atoms with Crippen molar-refractivity contribution in [3.8, 4) is 0 Å². The summed E-state index contributed by atoms with van der Waals surface area (Å²) in [6, 6.07) is 11.7. The maximum atomic E-state index is 10.6. The van der Waals surface area contributed by atoms with E-state index in [2.05, 4.69) is 4.99 Å². The van der Waals surface area contributed by atoms with Gasteiger partial charge >= 0.3 is 0 Å². The van der Waals surface area contributed by atoms with E-state index in [0.29, 0.717) is 5.56 Å². The van der Waals surface area contributed by atoms with Crippen LogP contribution in [0.2, 0.25) is 0 Å². The van der Waals surface area contributed by atoms with E-state index in [0.717, 1.165) is 5.56 Å². The first kappa shape index (κ1) is 15.6. The van der Waals surface area contributed by atoms with E-state index in [1.165, 1.54) is 36.4 Å². The Balaban J connectivity index is 2.08. The highest BCUT2D eigenvalue weighted by atomic mass is 35.5. The summed E-state index contributed by atoms with van der Waals surface area (Å²) in [4.78, 5) is 24.3. The minimum Gasteiger partial charge on any atom is -0.268 e. The molecule has 7 nitrogen and oxygen atoms in total. The van der Waals surface area contributed by atoms with Gasteiger partial charge < -0.3 is 0 Å². The Morgan fingerprint density at radius 2 is 1.36 bits per heavy atom. The van der Waals surface area contributed by atoms with Crippen LogP contribution in [0.3, 0.4) is 0 Å². The van der Waals surface area contributed by atoms with Gasteiger partial charge in [-0.3, -0.25) is 25.2 Å². The molecule has 0 atom stereocenters. The number of non-ortho nitro benzene ring substituents is 2. The molecule has 0 aliphatic heterocycles. The fourth-order valence-electron chi connectivity index (χ4n) is 1.70. The molecule has 0 heterocycles. The average molecular weight is 320 g/mol. The van der Waals surface area contributed by atoms with Crippen molar-refractivity contribution >= 4 is 28.1 Å². The Morgan fingerprint density at radius 3 is 1.82 bits per heavy atom. The molecule has 112 valence electrons. The van der Waals surface area contributed by atoms with Gasteiger partial charge in [0.15, 0.2) is 0 Å². The summed E-state index contributed by atoms with van der Waals surface area (Å²) in [5.74, 6) is 0. The van der Waals surface area contributed by atoms with Crippen LogP contribution in [0, 0.1) is 20.2 Å². The Morgan fingerprint density at radius 1 is 0.909 bits per heavy atom. The molecule has 0 radical (unpaired) electrons. The molecule has 22 heavy (non-hydrogen) atoms. The van der Waals surface area contributed by atoms with Crippen LogP contribution in [0.25, 0.3) is 0 Å². The lowest BCUT2D eigenvalue weighted by Gasteiger charge is -2.00. The first-order valence-corrected chi connectivity index (χ1v) is 6.53. The van der Waals surface area contributed by atoms with E-state index in [9.17, 15) is 20.2 Å². The van der Waals surface area contributed by atoms with Gasteiger partial charge in [0, 0.05) is 29.8 Å². The summed E-state index contributed by atoms with van der Waals surface area (Å²) >= 11 is 6.04. The van der Waals surface area contributed by atoms with E-state index in [-0.39, 0.29) is 23.1 Å². The Labute approximate surface area is 130 Å². The van der Waals surface area contributed by atoms with Gasteiger partial charge in [-0.05, 0) is 17.7 Å². The molecule has 0 spiro atoms. The highest BCUT2D eigenvalue weighted by Gasteiger charge is 2.07. The van der Waals surface area contributed by atoms with Gasteiger partial charge in [-0.25, -0.2) is 0 Å². The fraction of sp³-hybridized carbons (Fsp3) is 0.0714. The van der Waals surface area contributed by atoms with Crippen LogP contribution in [0.15, 0.2) is 53.5 Å². The number of nitrogens with zero attached hydrogens (tertiary/aromatic N) is 3. The number of hydrogen-bond acceptors (Lipinski definition) is 5. The van der Waals surface area contributed by atoms with Crippen molar-refractivity contribution in [1.29, 1.82) is 0 Å². The summed E-state index contributed by atoms with van der Waals surface area (Å²) < 4.78 is 0. The van der Waals surface area contributed by atoms with Crippen LogP contribution in [-0.4, -0.2) is 15.0 Å². The first-order valence-electron chi connectivity index (χ1n) is 6.15. The van der Waals surface area contributed by atoms with E-state index in [4.69, 9.17) is 11.6 Å². The lowest BCUT2D eigenvalue weighted by atomic mass is 10.2. The molecule has 8 heteroatoms. The van der Waals surface area contributed by atoms with Crippen molar-refractivity contribution < 1.29 is 9.85 Å². The second-order valence-electron chi connectivity index (χ2n) is 4.33. The molecule has 2 aromatic rings. The lowest BCUT2D eigenvalue weighted by Crippen LogP contribution is -1.95. The Bertz CT molecular complexity index is 727. The fourth-order valence-corrected chi connectivity index (χ4v) is 1.88. The second kappa shape index (κ2) is 6.77. The quantitative estimate of drug-likeness (QED) is 0.476. The van der Waals surface area contributed by atoms with Crippen molar-refractivity contribution in [2.75, 3.05) is 0 Å². The summed E-state index contributed by atoms with van der Waals surface area (Å²) in [7, 11) is 0. The van der Waals surface area contributed by atoms with Gasteiger partial charge in [0.2, 0.25) is 0 Å². The Kier molecular flexibility index (Phi) is 4.80. The van der Waals surface area contributed by atoms with Gasteiger partial charge in [0.25, 0.3) is 11.4 Å². The SMILES string of the molecule is O=[N+]([O-])c1ccc(CN=C(Cl)c2ccc([N+](=O)[O-])cc2)cc1. The van der Waals surface area contributed by atoms with Gasteiger partial charge in [-0.1, -0.05) is 23.7 Å². The largest absolute Gasteiger partial charge is 0.269 e. The summed E-state index contributed by atoms with van der Waals surface area (Å²) in [6.07, 6.45) is 0. The van der Waals surface area contributed by atoms with Gasteiger partial charge in [-0.15, -0.1) is 0 Å². The predicted molar refractivity (Wildman–Crippen MR) is 82.3 cm³/mol. The summed E-state index contributed by atoms with van der Waals surface area (Å²) in [5, 5.41) is 21.3. The molecule has 0 fully saturated rings. The van der Waals surface area contributed by atoms with E-state index >= 15 is 0 Å². The van der Waals surface area contributed by atoms with Crippen molar-refractivity contribution in [1.82, 2.24) is 0 Å². The maximum absolute atomic E-state index is 10.6. The molecule has 0 bridgehead atoms. The highest BCUT2D eigenvalue weighted by Crippen LogP contribution is 2.16. The lowest BCUT2D eigenvalue weighted by molar-refractivity contribution is -0.385. The van der Waals surface area contributed by atoms with E-state index in [1.54, 1.807) is 12.1 Å². The summed E-state index contributed by atoms with van der Waals surface area (Å²) in [5.41, 5.74) is 1.32. The van der Waals surface area contributed by atoms with Crippen LogP contribution < -0.4 is 0 Å². The van der Waals surface area contributed by atoms with E-state index < -0.39 is 9.85 Å². The van der Waals surface area contributed by atoms with Crippen LogP contribution in [-0.2, 0) is 6.54 Å². The van der Waals surface area contributed by atoms with Crippen molar-refractivity contribution in [2.24, 2.45) is 4.99 Å². The normalized spacial score (nSPS) is 11.2. The Hall–Kier alpha value is -2.80. The highest BCUT2D eigenvalue weighted by molar-refractivity contribution is 6.69. The van der Waals surface area contributed by atoms with Gasteiger partial charge in [0.05, 0.1) is 16.4 Å². The topological polar surface area (TPSA) is 98.6 Å². The summed E-state index contributed by atoms with van der Waals surface area (Å²) in [6.45, 7) is 0.258. The number of nitro benzene ring substituents is 2. The van der Waals surface area contributed by atoms with Crippen molar-refractivity contribution in [2.45, 2.75) is 6.54 Å². The number of benzene rings is 2. The molecule has 0 aliphatic carbocycles. The van der Waals surface area contributed by atoms with Gasteiger partial charge in [-0.2, -0.15) is 0 Å². The van der Waals surface area contributed by atoms with Crippen LogP contribution in [0.1, 0.15) is 11.1 Å². The monoisotopic (exact) mass is 319 g/mol. The average Bonchev–Trinajstić information content (AvgIpc) is 2.53. The minimum atomic E-state index is -0.494. The zero-order valence-electron chi connectivity index (χ0n) is 11.2. The van der Waals surface area contributed by atoms with Gasteiger partial charge in [0.1, 0.15) is 5.17 Å². The zero-order valence-corrected chi connectivity index (χ0v) is 11.9. The van der Waals surface area contributed by atoms with E-state index in [1.807, 2.05) is 0 Å². The zero-order chi connectivity index (χ0) is 16.1. The molecule has 0 saturated carbocycles. The minimum absolute atomic E-state index is 0.00851. The van der Waals surface area contributed by atoms with Crippen LogP contribution in [0.5, 0.6) is 0 Å². The molecule has 0 aliphatic rings. The molecule has 0 amide bonds. The third kappa shape index (κ3) is 3.86. The standard InChI is InChI=1S/C14H10ClN3O4/c15-14(11-3-7-13(8-4-11)18(21)22)16-9-10-1-5-12(6-2-10)17(19)20/h1-8H,9H2. The number of nitro groups is 2. The molecule has 0 aromatic heterocycles. The number of rotatable bonds is 5. The molecule has 0 saturated heterocycles. The molecular formula is C14H10ClN3O4. The molecule has 2 aromatic carbocycles. The van der Waals surface area contributed by atoms with Crippen molar-refractivity contribution in [3.05, 3.63) is 79.9 Å². The third-order valence-electron chi connectivity index (χ3n) is 2.86. The number of hydrogen-bond donors (Lipinski definition) is 0. The number of halogens is 1. The maximum Gasteiger partial charge on any atom is 0.269 e. The molecular weight excluding hydrogens is 310 g/mol.